The lowest BCUT2D eigenvalue weighted by molar-refractivity contribution is 0.0746. The summed E-state index contributed by atoms with van der Waals surface area (Å²) in [6, 6.07) is 5.55. The summed E-state index contributed by atoms with van der Waals surface area (Å²) in [5.41, 5.74) is 8.48. The number of nitrogens with zero attached hydrogens (tertiary/aromatic N) is 4. The number of hydrogen-bond acceptors (Lipinski definition) is 5. The molecule has 0 bridgehead atoms. The molecule has 6 nitrogen and oxygen atoms in total. The fraction of sp³-hybridized carbons (Fsp3) is 0.312. The maximum Gasteiger partial charge on any atom is 0.254 e. The van der Waals surface area contributed by atoms with Crippen LogP contribution in [0.4, 0.5) is 11.5 Å². The van der Waals surface area contributed by atoms with Crippen molar-refractivity contribution in [2.75, 3.05) is 36.8 Å². The minimum absolute atomic E-state index is 0.0636. The summed E-state index contributed by atoms with van der Waals surface area (Å²) in [5, 5.41) is 0. The van der Waals surface area contributed by atoms with E-state index in [-0.39, 0.29) is 5.91 Å². The molecular formula is C16H19N5O. The Hall–Kier alpha value is -2.63. The van der Waals surface area contributed by atoms with Crippen molar-refractivity contribution in [1.82, 2.24) is 14.9 Å². The third kappa shape index (κ3) is 2.86. The largest absolute Gasteiger partial charge is 0.383 e. The van der Waals surface area contributed by atoms with Crippen LogP contribution in [0.3, 0.4) is 0 Å². The number of carbonyl (C=O) groups excluding carboxylic acids is 1. The van der Waals surface area contributed by atoms with Crippen molar-refractivity contribution in [1.29, 1.82) is 0 Å². The lowest BCUT2D eigenvalue weighted by Gasteiger charge is -2.36. The molecule has 1 fully saturated rings. The average molecular weight is 297 g/mol. The zero-order valence-electron chi connectivity index (χ0n) is 12.6. The van der Waals surface area contributed by atoms with Crippen molar-refractivity contribution in [3.63, 3.8) is 0 Å². The van der Waals surface area contributed by atoms with E-state index in [2.05, 4.69) is 14.9 Å². The molecule has 114 valence electrons. The molecule has 0 radical (unpaired) electrons. The number of hydrogen-bond donors (Lipinski definition) is 1. The van der Waals surface area contributed by atoms with E-state index >= 15 is 0 Å². The minimum Gasteiger partial charge on any atom is -0.383 e. The van der Waals surface area contributed by atoms with Crippen LogP contribution in [0.25, 0.3) is 0 Å². The van der Waals surface area contributed by atoms with Gasteiger partial charge in [0.15, 0.2) is 0 Å². The highest BCUT2D eigenvalue weighted by atomic mass is 16.2. The number of carbonyl (C=O) groups is 1. The lowest BCUT2D eigenvalue weighted by Crippen LogP contribution is -2.48. The second-order valence-corrected chi connectivity index (χ2v) is 5.41. The molecule has 1 amide bonds. The molecule has 0 aliphatic carbocycles. The van der Waals surface area contributed by atoms with Gasteiger partial charge in [-0.05, 0) is 30.7 Å². The third-order valence-electron chi connectivity index (χ3n) is 3.96. The zero-order valence-corrected chi connectivity index (χ0v) is 12.6. The van der Waals surface area contributed by atoms with Crippen LogP contribution in [0.15, 0.2) is 36.8 Å². The minimum atomic E-state index is 0.0636. The first-order chi connectivity index (χ1) is 10.6. The summed E-state index contributed by atoms with van der Waals surface area (Å²) in [7, 11) is 0. The van der Waals surface area contributed by atoms with Gasteiger partial charge in [0.05, 0.1) is 11.9 Å². The fourth-order valence-corrected chi connectivity index (χ4v) is 2.59. The molecule has 0 spiro atoms. The van der Waals surface area contributed by atoms with Gasteiger partial charge in [-0.2, -0.15) is 0 Å². The first-order valence-corrected chi connectivity index (χ1v) is 7.31. The average Bonchev–Trinajstić information content (AvgIpc) is 2.58. The van der Waals surface area contributed by atoms with Gasteiger partial charge in [0, 0.05) is 44.1 Å². The van der Waals surface area contributed by atoms with Crippen LogP contribution in [-0.4, -0.2) is 47.0 Å². The molecule has 1 saturated heterocycles. The molecule has 1 aliphatic rings. The van der Waals surface area contributed by atoms with Crippen molar-refractivity contribution in [3.8, 4) is 0 Å². The van der Waals surface area contributed by atoms with E-state index < -0.39 is 0 Å². The number of pyridine rings is 2. The summed E-state index contributed by atoms with van der Waals surface area (Å²) in [6.45, 7) is 4.94. The number of nitrogen functional groups attached to an aromatic ring is 1. The Kier molecular flexibility index (Phi) is 3.91. The Bertz CT molecular complexity index is 665. The van der Waals surface area contributed by atoms with Gasteiger partial charge in [-0.3, -0.25) is 9.78 Å². The smallest absolute Gasteiger partial charge is 0.254 e. The van der Waals surface area contributed by atoms with E-state index in [0.717, 1.165) is 24.3 Å². The molecule has 2 aromatic heterocycles. The number of rotatable bonds is 2. The van der Waals surface area contributed by atoms with Crippen molar-refractivity contribution in [2.24, 2.45) is 0 Å². The summed E-state index contributed by atoms with van der Waals surface area (Å²) < 4.78 is 0. The quantitative estimate of drug-likeness (QED) is 0.905. The Morgan fingerprint density at radius 2 is 1.86 bits per heavy atom. The molecule has 0 unspecified atom stereocenters. The van der Waals surface area contributed by atoms with Gasteiger partial charge in [-0.15, -0.1) is 0 Å². The van der Waals surface area contributed by atoms with Gasteiger partial charge < -0.3 is 15.5 Å². The second-order valence-electron chi connectivity index (χ2n) is 5.41. The van der Waals surface area contributed by atoms with Crippen LogP contribution in [0.5, 0.6) is 0 Å². The summed E-state index contributed by atoms with van der Waals surface area (Å²) in [5.74, 6) is 0.629. The van der Waals surface area contributed by atoms with Crippen LogP contribution < -0.4 is 10.6 Å². The van der Waals surface area contributed by atoms with Gasteiger partial charge >= 0.3 is 0 Å². The fourth-order valence-electron chi connectivity index (χ4n) is 2.59. The van der Waals surface area contributed by atoms with Crippen LogP contribution in [0.1, 0.15) is 15.9 Å². The van der Waals surface area contributed by atoms with Crippen molar-refractivity contribution in [2.45, 2.75) is 6.92 Å². The van der Waals surface area contributed by atoms with Crippen molar-refractivity contribution >= 4 is 17.4 Å². The molecule has 0 atom stereocenters. The molecule has 3 heterocycles. The van der Waals surface area contributed by atoms with Gasteiger partial charge in [-0.1, -0.05) is 0 Å². The Morgan fingerprint density at radius 1 is 1.18 bits per heavy atom. The number of amides is 1. The second kappa shape index (κ2) is 6.01. The Morgan fingerprint density at radius 3 is 2.50 bits per heavy atom. The van der Waals surface area contributed by atoms with E-state index in [1.165, 1.54) is 0 Å². The molecule has 22 heavy (non-hydrogen) atoms. The van der Waals surface area contributed by atoms with Gasteiger partial charge in [-0.25, -0.2) is 4.98 Å². The Balaban J connectivity index is 1.65. The Labute approximate surface area is 129 Å². The standard InChI is InChI=1S/C16H19N5O/c1-12-10-14(11-19-15(12)17)20-6-8-21(9-7-20)16(22)13-2-4-18-5-3-13/h2-5,10-11H,6-9H2,1H3,(H2,17,19). The summed E-state index contributed by atoms with van der Waals surface area (Å²) >= 11 is 0. The molecule has 0 aromatic carbocycles. The highest BCUT2D eigenvalue weighted by Gasteiger charge is 2.22. The highest BCUT2D eigenvalue weighted by Crippen LogP contribution is 2.20. The normalized spacial score (nSPS) is 15.0. The third-order valence-corrected chi connectivity index (χ3v) is 3.96. The predicted molar refractivity (Wildman–Crippen MR) is 85.7 cm³/mol. The van der Waals surface area contributed by atoms with Gasteiger partial charge in [0.1, 0.15) is 5.82 Å². The number of anilines is 2. The molecular weight excluding hydrogens is 278 g/mol. The monoisotopic (exact) mass is 297 g/mol. The molecule has 2 N–H and O–H groups in total. The van der Waals surface area contributed by atoms with E-state index in [4.69, 9.17) is 5.73 Å². The molecule has 2 aromatic rings. The number of piperazine rings is 1. The highest BCUT2D eigenvalue weighted by molar-refractivity contribution is 5.94. The maximum absolute atomic E-state index is 12.4. The number of aromatic nitrogens is 2. The number of aryl methyl sites for hydroxylation is 1. The van der Waals surface area contributed by atoms with E-state index in [1.807, 2.05) is 17.9 Å². The van der Waals surface area contributed by atoms with Gasteiger partial charge in [0.2, 0.25) is 0 Å². The molecule has 1 aliphatic heterocycles. The predicted octanol–water partition coefficient (Wildman–Crippen LogP) is 1.33. The molecule has 6 heteroatoms. The van der Waals surface area contributed by atoms with Crippen molar-refractivity contribution < 1.29 is 4.79 Å². The lowest BCUT2D eigenvalue weighted by atomic mass is 10.2. The van der Waals surface area contributed by atoms with E-state index in [9.17, 15) is 4.79 Å². The topological polar surface area (TPSA) is 75.3 Å². The van der Waals surface area contributed by atoms with Crippen LogP contribution in [0.2, 0.25) is 0 Å². The summed E-state index contributed by atoms with van der Waals surface area (Å²) in [4.78, 5) is 24.7. The van der Waals surface area contributed by atoms with Crippen LogP contribution >= 0.6 is 0 Å². The SMILES string of the molecule is Cc1cc(N2CCN(C(=O)c3ccncc3)CC2)cnc1N. The summed E-state index contributed by atoms with van der Waals surface area (Å²) in [6.07, 6.45) is 5.08. The van der Waals surface area contributed by atoms with Gasteiger partial charge in [0.25, 0.3) is 5.91 Å². The van der Waals surface area contributed by atoms with Crippen LogP contribution in [0, 0.1) is 6.92 Å². The van der Waals surface area contributed by atoms with Crippen molar-refractivity contribution in [3.05, 3.63) is 47.9 Å². The van der Waals surface area contributed by atoms with E-state index in [1.54, 1.807) is 30.7 Å². The van der Waals surface area contributed by atoms with E-state index in [0.29, 0.717) is 24.5 Å². The number of nitrogens with two attached hydrogens (primary N) is 1. The zero-order chi connectivity index (χ0) is 15.5. The first kappa shape index (κ1) is 14.3. The van der Waals surface area contributed by atoms with Crippen LogP contribution in [-0.2, 0) is 0 Å². The molecule has 3 rings (SSSR count). The molecule has 0 saturated carbocycles. The first-order valence-electron chi connectivity index (χ1n) is 7.31. The maximum atomic E-state index is 12.4.